The number of aromatic nitrogens is 2. The number of nitrogens with zero attached hydrogens (tertiary/aromatic N) is 1. The number of ether oxygens (including phenoxy) is 1. The summed E-state index contributed by atoms with van der Waals surface area (Å²) < 4.78 is 5.22. The van der Waals surface area contributed by atoms with Gasteiger partial charge in [0.15, 0.2) is 0 Å². The van der Waals surface area contributed by atoms with E-state index < -0.39 is 0 Å². The molecule has 2 N–H and O–H groups in total. The molecule has 0 bridgehead atoms. The first-order chi connectivity index (χ1) is 8.36. The minimum Gasteiger partial charge on any atom is -0.497 e. The minimum atomic E-state index is 0. The Morgan fingerprint density at radius 3 is 3.00 bits per heavy atom. The lowest BCUT2D eigenvalue weighted by atomic mass is 9.99. The molecule has 0 radical (unpaired) electrons. The fraction of sp³-hybridized carbons (Fsp3) is 0.462. The molecule has 0 amide bonds. The number of benzene rings is 1. The van der Waals surface area contributed by atoms with Gasteiger partial charge < -0.3 is 15.0 Å². The molecule has 0 saturated carbocycles. The molecule has 5 heteroatoms. The first-order valence-corrected chi connectivity index (χ1v) is 6.11. The second-order valence-electron chi connectivity index (χ2n) is 4.55. The van der Waals surface area contributed by atoms with Gasteiger partial charge in [-0.3, -0.25) is 0 Å². The fourth-order valence-corrected chi connectivity index (χ4v) is 2.41. The van der Waals surface area contributed by atoms with Crippen molar-refractivity contribution in [2.75, 3.05) is 20.2 Å². The van der Waals surface area contributed by atoms with Crippen molar-refractivity contribution >= 4 is 23.4 Å². The molecule has 1 aliphatic heterocycles. The maximum Gasteiger partial charge on any atom is 0.121 e. The third-order valence-electron chi connectivity index (χ3n) is 3.39. The van der Waals surface area contributed by atoms with Crippen LogP contribution in [0.15, 0.2) is 18.2 Å². The van der Waals surface area contributed by atoms with Gasteiger partial charge in [0.2, 0.25) is 0 Å². The molecular weight excluding hydrogens is 250 g/mol. The predicted molar refractivity (Wildman–Crippen MR) is 74.7 cm³/mol. The molecule has 98 valence electrons. The molecule has 2 heterocycles. The Morgan fingerprint density at radius 1 is 1.39 bits per heavy atom. The molecule has 4 nitrogen and oxygen atoms in total. The summed E-state index contributed by atoms with van der Waals surface area (Å²) in [4.78, 5) is 8.07. The highest BCUT2D eigenvalue weighted by molar-refractivity contribution is 5.85. The summed E-state index contributed by atoms with van der Waals surface area (Å²) >= 11 is 0. The minimum absolute atomic E-state index is 0. The number of imidazole rings is 1. The Hall–Kier alpha value is -1.26. The van der Waals surface area contributed by atoms with Crippen molar-refractivity contribution in [2.45, 2.75) is 18.8 Å². The third-order valence-corrected chi connectivity index (χ3v) is 3.39. The molecule has 1 unspecified atom stereocenters. The lowest BCUT2D eigenvalue weighted by Gasteiger charge is -2.20. The average Bonchev–Trinajstić information content (AvgIpc) is 2.82. The van der Waals surface area contributed by atoms with Crippen LogP contribution in [0.1, 0.15) is 24.6 Å². The van der Waals surface area contributed by atoms with Gasteiger partial charge in [-0.1, -0.05) is 0 Å². The Kier molecular flexibility index (Phi) is 4.09. The number of aromatic amines is 1. The molecule has 1 aromatic heterocycles. The summed E-state index contributed by atoms with van der Waals surface area (Å²) in [5, 5.41) is 3.42. The molecule has 18 heavy (non-hydrogen) atoms. The maximum atomic E-state index is 5.22. The lowest BCUT2D eigenvalue weighted by Crippen LogP contribution is -2.28. The van der Waals surface area contributed by atoms with Crippen LogP contribution in [0.25, 0.3) is 11.0 Å². The summed E-state index contributed by atoms with van der Waals surface area (Å²) in [6.45, 7) is 2.15. The third kappa shape index (κ3) is 2.44. The van der Waals surface area contributed by atoms with E-state index in [0.717, 1.165) is 35.7 Å². The topological polar surface area (TPSA) is 49.9 Å². The number of hydrogen-bond donors (Lipinski definition) is 2. The summed E-state index contributed by atoms with van der Waals surface area (Å²) in [5.41, 5.74) is 2.08. The molecule has 1 fully saturated rings. The Morgan fingerprint density at radius 2 is 2.28 bits per heavy atom. The van der Waals surface area contributed by atoms with Gasteiger partial charge in [-0.2, -0.15) is 0 Å². The molecular formula is C13H18ClN3O. The van der Waals surface area contributed by atoms with E-state index in [4.69, 9.17) is 4.74 Å². The van der Waals surface area contributed by atoms with Crippen LogP contribution in [0, 0.1) is 0 Å². The highest BCUT2D eigenvalue weighted by Crippen LogP contribution is 2.25. The molecule has 1 aromatic carbocycles. The van der Waals surface area contributed by atoms with Gasteiger partial charge in [-0.15, -0.1) is 12.4 Å². The van der Waals surface area contributed by atoms with Crippen LogP contribution in [0.2, 0.25) is 0 Å². The molecule has 2 aromatic rings. The zero-order valence-corrected chi connectivity index (χ0v) is 11.2. The van der Waals surface area contributed by atoms with Crippen molar-refractivity contribution in [1.82, 2.24) is 15.3 Å². The molecule has 0 aliphatic carbocycles. The van der Waals surface area contributed by atoms with E-state index in [-0.39, 0.29) is 12.4 Å². The predicted octanol–water partition coefficient (Wildman–Crippen LogP) is 2.46. The highest BCUT2D eigenvalue weighted by atomic mass is 35.5. The van der Waals surface area contributed by atoms with Crippen LogP contribution in [-0.4, -0.2) is 30.2 Å². The van der Waals surface area contributed by atoms with Gasteiger partial charge in [0.05, 0.1) is 18.1 Å². The standard InChI is InChI=1S/C13H17N3O.ClH/c1-17-10-4-5-11-12(7-10)16-13(15-11)9-3-2-6-14-8-9;/h4-5,7,9,14H,2-3,6,8H2,1H3,(H,15,16);1H. The summed E-state index contributed by atoms with van der Waals surface area (Å²) in [7, 11) is 1.68. The zero-order chi connectivity index (χ0) is 11.7. The zero-order valence-electron chi connectivity index (χ0n) is 10.4. The SMILES string of the molecule is COc1ccc2nc(C3CCCNC3)[nH]c2c1.Cl. The van der Waals surface area contributed by atoms with E-state index in [9.17, 15) is 0 Å². The fourth-order valence-electron chi connectivity index (χ4n) is 2.41. The second kappa shape index (κ2) is 5.59. The van der Waals surface area contributed by atoms with E-state index in [1.54, 1.807) is 7.11 Å². The number of H-pyrrole nitrogens is 1. The number of fused-ring (bicyclic) bond motifs is 1. The number of methoxy groups -OCH3 is 1. The average molecular weight is 268 g/mol. The quantitative estimate of drug-likeness (QED) is 0.879. The van der Waals surface area contributed by atoms with Crippen LogP contribution in [-0.2, 0) is 0 Å². The van der Waals surface area contributed by atoms with Crippen LogP contribution >= 0.6 is 12.4 Å². The monoisotopic (exact) mass is 267 g/mol. The molecule has 3 rings (SSSR count). The summed E-state index contributed by atoms with van der Waals surface area (Å²) in [6, 6.07) is 5.96. The molecule has 1 aliphatic rings. The normalized spacial score (nSPS) is 19.5. The summed E-state index contributed by atoms with van der Waals surface area (Å²) in [6.07, 6.45) is 2.44. The van der Waals surface area contributed by atoms with Crippen LogP contribution in [0.4, 0.5) is 0 Å². The van der Waals surface area contributed by atoms with Gasteiger partial charge in [0.25, 0.3) is 0 Å². The summed E-state index contributed by atoms with van der Waals surface area (Å²) in [5.74, 6) is 2.48. The van der Waals surface area contributed by atoms with E-state index in [0.29, 0.717) is 5.92 Å². The lowest BCUT2D eigenvalue weighted by molar-refractivity contribution is 0.415. The first kappa shape index (κ1) is 13.2. The largest absolute Gasteiger partial charge is 0.497 e. The van der Waals surface area contributed by atoms with Crippen molar-refractivity contribution in [3.8, 4) is 5.75 Å². The Bertz CT molecular complexity index is 520. The van der Waals surface area contributed by atoms with E-state index >= 15 is 0 Å². The van der Waals surface area contributed by atoms with Crippen molar-refractivity contribution in [2.24, 2.45) is 0 Å². The van der Waals surface area contributed by atoms with Crippen molar-refractivity contribution in [3.05, 3.63) is 24.0 Å². The first-order valence-electron chi connectivity index (χ1n) is 6.11. The van der Waals surface area contributed by atoms with Crippen molar-refractivity contribution in [3.63, 3.8) is 0 Å². The Labute approximate surface area is 113 Å². The Balaban J connectivity index is 0.00000120. The van der Waals surface area contributed by atoms with Crippen molar-refractivity contribution in [1.29, 1.82) is 0 Å². The van der Waals surface area contributed by atoms with Gasteiger partial charge in [-0.05, 0) is 31.5 Å². The number of piperidine rings is 1. The molecule has 1 saturated heterocycles. The van der Waals surface area contributed by atoms with Gasteiger partial charge in [0, 0.05) is 18.5 Å². The van der Waals surface area contributed by atoms with Crippen LogP contribution < -0.4 is 10.1 Å². The highest BCUT2D eigenvalue weighted by Gasteiger charge is 2.18. The second-order valence-corrected chi connectivity index (χ2v) is 4.55. The molecule has 1 atom stereocenters. The van der Waals surface area contributed by atoms with Gasteiger partial charge >= 0.3 is 0 Å². The van der Waals surface area contributed by atoms with Gasteiger partial charge in [0.1, 0.15) is 11.6 Å². The number of rotatable bonds is 2. The number of nitrogens with one attached hydrogen (secondary N) is 2. The van der Waals surface area contributed by atoms with Crippen LogP contribution in [0.3, 0.4) is 0 Å². The molecule has 0 spiro atoms. The number of hydrogen-bond acceptors (Lipinski definition) is 3. The van der Waals surface area contributed by atoms with E-state index in [1.165, 1.54) is 12.8 Å². The van der Waals surface area contributed by atoms with Gasteiger partial charge in [-0.25, -0.2) is 4.98 Å². The smallest absolute Gasteiger partial charge is 0.121 e. The number of halogens is 1. The van der Waals surface area contributed by atoms with E-state index in [1.807, 2.05) is 18.2 Å². The maximum absolute atomic E-state index is 5.22. The van der Waals surface area contributed by atoms with Crippen LogP contribution in [0.5, 0.6) is 5.75 Å². The van der Waals surface area contributed by atoms with E-state index in [2.05, 4.69) is 15.3 Å². The van der Waals surface area contributed by atoms with Crippen molar-refractivity contribution < 1.29 is 4.74 Å².